The maximum atomic E-state index is 11.1. The third-order valence-corrected chi connectivity index (χ3v) is 3.27. The van der Waals surface area contributed by atoms with Gasteiger partial charge in [0.25, 0.3) is 0 Å². The van der Waals surface area contributed by atoms with Crippen molar-refractivity contribution in [1.82, 2.24) is 9.97 Å². The van der Waals surface area contributed by atoms with Crippen LogP contribution < -0.4 is 0 Å². The van der Waals surface area contributed by atoms with Crippen LogP contribution in [0.4, 0.5) is 0 Å². The minimum Gasteiger partial charge on any atom is -0.345 e. The largest absolute Gasteiger partial charge is 0.345 e. The molecular weight excluding hydrogens is 244 g/mol. The molecule has 3 nitrogen and oxygen atoms in total. The number of carbonyl (C=O) groups is 1. The first-order chi connectivity index (χ1) is 6.68. The Morgan fingerprint density at radius 1 is 1.57 bits per heavy atom. The maximum Gasteiger partial charge on any atom is 0.147 e. The van der Waals surface area contributed by atoms with E-state index in [4.69, 9.17) is 0 Å². The van der Waals surface area contributed by atoms with Crippen LogP contribution >= 0.6 is 15.9 Å². The Hall–Kier alpha value is -1.16. The summed E-state index contributed by atoms with van der Waals surface area (Å²) in [4.78, 5) is 18.0. The van der Waals surface area contributed by atoms with E-state index in [0.29, 0.717) is 0 Å². The quantitative estimate of drug-likeness (QED) is 0.836. The first-order valence-electron chi connectivity index (χ1n) is 4.26. The molecule has 2 rings (SSSR count). The summed E-state index contributed by atoms with van der Waals surface area (Å²) in [6.45, 7) is 1.57. The molecule has 1 N–H and O–H groups in total. The average Bonchev–Trinajstić information content (AvgIpc) is 2.62. The molecule has 0 radical (unpaired) electrons. The fourth-order valence-electron chi connectivity index (χ4n) is 1.35. The molecule has 0 aliphatic carbocycles. The Morgan fingerprint density at radius 2 is 2.36 bits per heavy atom. The van der Waals surface area contributed by atoms with Gasteiger partial charge in [-0.1, -0.05) is 22.0 Å². The van der Waals surface area contributed by atoms with Crippen molar-refractivity contribution in [1.29, 1.82) is 0 Å². The number of hydrogen-bond acceptors (Lipinski definition) is 2. The standard InChI is InChI=1S/C10H9BrN2O/c1-6(14)10(11)7-2-3-8-9(4-7)13-5-12-8/h2-5,10H,1H3,(H,12,13). The summed E-state index contributed by atoms with van der Waals surface area (Å²) >= 11 is 3.34. The van der Waals surface area contributed by atoms with Crippen molar-refractivity contribution in [2.24, 2.45) is 0 Å². The summed E-state index contributed by atoms with van der Waals surface area (Å²) in [5, 5.41) is 0. The van der Waals surface area contributed by atoms with Gasteiger partial charge in [0.1, 0.15) is 5.78 Å². The van der Waals surface area contributed by atoms with Crippen molar-refractivity contribution < 1.29 is 4.79 Å². The highest BCUT2D eigenvalue weighted by Crippen LogP contribution is 2.25. The van der Waals surface area contributed by atoms with Crippen LogP contribution in [-0.2, 0) is 4.79 Å². The van der Waals surface area contributed by atoms with Gasteiger partial charge in [-0.3, -0.25) is 4.79 Å². The molecule has 4 heteroatoms. The third kappa shape index (κ3) is 1.57. The van der Waals surface area contributed by atoms with Gasteiger partial charge < -0.3 is 4.98 Å². The molecule has 0 amide bonds. The van der Waals surface area contributed by atoms with Gasteiger partial charge >= 0.3 is 0 Å². The monoisotopic (exact) mass is 252 g/mol. The molecule has 0 aliphatic heterocycles. The highest BCUT2D eigenvalue weighted by molar-refractivity contribution is 9.09. The molecule has 0 fully saturated rings. The molecule has 1 aromatic carbocycles. The van der Waals surface area contributed by atoms with Crippen molar-refractivity contribution in [2.75, 3.05) is 0 Å². The lowest BCUT2D eigenvalue weighted by molar-refractivity contribution is -0.116. The van der Waals surface area contributed by atoms with Gasteiger partial charge in [-0.25, -0.2) is 4.98 Å². The van der Waals surface area contributed by atoms with Crippen molar-refractivity contribution in [2.45, 2.75) is 11.8 Å². The van der Waals surface area contributed by atoms with E-state index in [2.05, 4.69) is 25.9 Å². The van der Waals surface area contributed by atoms with Crippen LogP contribution in [-0.4, -0.2) is 15.8 Å². The highest BCUT2D eigenvalue weighted by atomic mass is 79.9. The number of nitrogens with zero attached hydrogens (tertiary/aromatic N) is 1. The Labute approximate surface area is 89.7 Å². The maximum absolute atomic E-state index is 11.1. The molecule has 0 aliphatic rings. The molecule has 0 bridgehead atoms. The number of aromatic nitrogens is 2. The van der Waals surface area contributed by atoms with Crippen LogP contribution in [0.5, 0.6) is 0 Å². The number of benzene rings is 1. The summed E-state index contributed by atoms with van der Waals surface area (Å²) in [7, 11) is 0. The predicted molar refractivity (Wildman–Crippen MR) is 58.4 cm³/mol. The van der Waals surface area contributed by atoms with E-state index in [1.54, 1.807) is 13.3 Å². The Bertz CT molecular complexity index is 478. The predicted octanol–water partition coefficient (Wildman–Crippen LogP) is 2.59. The summed E-state index contributed by atoms with van der Waals surface area (Å²) in [6, 6.07) is 5.74. The summed E-state index contributed by atoms with van der Waals surface area (Å²) in [5.41, 5.74) is 2.82. The van der Waals surface area contributed by atoms with Crippen LogP contribution in [0.2, 0.25) is 0 Å². The lowest BCUT2D eigenvalue weighted by Gasteiger charge is -2.05. The summed E-state index contributed by atoms with van der Waals surface area (Å²) < 4.78 is 0. The summed E-state index contributed by atoms with van der Waals surface area (Å²) in [6.07, 6.45) is 1.64. The van der Waals surface area contributed by atoms with Gasteiger partial charge in [0.15, 0.2) is 0 Å². The first-order valence-corrected chi connectivity index (χ1v) is 5.17. The van der Waals surface area contributed by atoms with E-state index in [1.807, 2.05) is 18.2 Å². The lowest BCUT2D eigenvalue weighted by Crippen LogP contribution is -2.00. The van der Waals surface area contributed by atoms with Crippen LogP contribution in [0.15, 0.2) is 24.5 Å². The van der Waals surface area contributed by atoms with Crippen LogP contribution in [0.25, 0.3) is 11.0 Å². The van der Waals surface area contributed by atoms with Crippen molar-refractivity contribution >= 4 is 32.7 Å². The number of halogens is 1. The number of aromatic amines is 1. The normalized spacial score (nSPS) is 13.0. The number of Topliss-reactive ketones (excluding diaryl/α,β-unsaturated/α-hetero) is 1. The number of nitrogens with one attached hydrogen (secondary N) is 1. The number of hydrogen-bond donors (Lipinski definition) is 1. The molecule has 1 unspecified atom stereocenters. The van der Waals surface area contributed by atoms with Gasteiger partial charge in [0.05, 0.1) is 22.2 Å². The number of carbonyl (C=O) groups excluding carboxylic acids is 1. The van der Waals surface area contributed by atoms with Crippen molar-refractivity contribution in [3.8, 4) is 0 Å². The topological polar surface area (TPSA) is 45.8 Å². The second-order valence-corrected chi connectivity index (χ2v) is 4.07. The number of H-pyrrole nitrogens is 1. The van der Waals surface area contributed by atoms with Crippen molar-refractivity contribution in [3.05, 3.63) is 30.1 Å². The number of rotatable bonds is 2. The SMILES string of the molecule is CC(=O)C(Br)c1ccc2nc[nH]c2c1. The molecule has 72 valence electrons. The van der Waals surface area contributed by atoms with Crippen LogP contribution in [0.3, 0.4) is 0 Å². The van der Waals surface area contributed by atoms with E-state index in [1.165, 1.54) is 0 Å². The van der Waals surface area contributed by atoms with Gasteiger partial charge in [0.2, 0.25) is 0 Å². The molecule has 14 heavy (non-hydrogen) atoms. The number of imidazole rings is 1. The molecule has 2 aromatic rings. The minimum absolute atomic E-state index is 0.101. The Balaban J connectivity index is 2.48. The second kappa shape index (κ2) is 3.53. The van der Waals surface area contributed by atoms with Gasteiger partial charge in [0, 0.05) is 0 Å². The fourth-order valence-corrected chi connectivity index (χ4v) is 1.63. The van der Waals surface area contributed by atoms with Crippen LogP contribution in [0.1, 0.15) is 17.3 Å². The number of fused-ring (bicyclic) bond motifs is 1. The zero-order valence-electron chi connectivity index (χ0n) is 7.62. The minimum atomic E-state index is -0.227. The van der Waals surface area contributed by atoms with E-state index in [9.17, 15) is 4.79 Å². The Kier molecular flexibility index (Phi) is 2.37. The summed E-state index contributed by atoms with van der Waals surface area (Å²) in [5.74, 6) is 0.101. The first kappa shape index (κ1) is 9.40. The molecule has 1 atom stereocenters. The fraction of sp³-hybridized carbons (Fsp3) is 0.200. The van der Waals surface area contributed by atoms with E-state index in [-0.39, 0.29) is 10.6 Å². The average molecular weight is 253 g/mol. The molecule has 0 spiro atoms. The number of ketones is 1. The zero-order chi connectivity index (χ0) is 10.1. The second-order valence-electron chi connectivity index (χ2n) is 3.15. The van der Waals surface area contributed by atoms with Crippen molar-refractivity contribution in [3.63, 3.8) is 0 Å². The van der Waals surface area contributed by atoms with Gasteiger partial charge in [-0.05, 0) is 24.6 Å². The Morgan fingerprint density at radius 3 is 3.07 bits per heavy atom. The zero-order valence-corrected chi connectivity index (χ0v) is 9.21. The molecule has 1 aromatic heterocycles. The van der Waals surface area contributed by atoms with E-state index >= 15 is 0 Å². The molecular formula is C10H9BrN2O. The molecule has 0 saturated carbocycles. The molecule has 1 heterocycles. The van der Waals surface area contributed by atoms with E-state index in [0.717, 1.165) is 16.6 Å². The van der Waals surface area contributed by atoms with E-state index < -0.39 is 0 Å². The smallest absolute Gasteiger partial charge is 0.147 e. The molecule has 0 saturated heterocycles. The van der Waals surface area contributed by atoms with Gasteiger partial charge in [-0.15, -0.1) is 0 Å². The van der Waals surface area contributed by atoms with Gasteiger partial charge in [-0.2, -0.15) is 0 Å². The number of alkyl halides is 1. The van der Waals surface area contributed by atoms with Crippen LogP contribution in [0, 0.1) is 0 Å². The highest BCUT2D eigenvalue weighted by Gasteiger charge is 2.12. The lowest BCUT2D eigenvalue weighted by atomic mass is 10.1. The third-order valence-electron chi connectivity index (χ3n) is 2.09.